The summed E-state index contributed by atoms with van der Waals surface area (Å²) >= 11 is 1.68. The Morgan fingerprint density at radius 2 is 1.91 bits per heavy atom. The molecule has 176 valence electrons. The molecule has 0 saturated heterocycles. The Kier molecular flexibility index (Phi) is 7.96. The van der Waals surface area contributed by atoms with Gasteiger partial charge in [0, 0.05) is 34.5 Å². The van der Waals surface area contributed by atoms with E-state index in [-0.39, 0.29) is 19.4 Å². The van der Waals surface area contributed by atoms with Crippen molar-refractivity contribution >= 4 is 40.8 Å². The third-order valence-corrected chi connectivity index (χ3v) is 6.77. The van der Waals surface area contributed by atoms with Gasteiger partial charge in [-0.3, -0.25) is 0 Å². The van der Waals surface area contributed by atoms with Crippen molar-refractivity contribution in [2.75, 3.05) is 6.54 Å². The van der Waals surface area contributed by atoms with E-state index in [9.17, 15) is 0 Å². The normalized spacial score (nSPS) is 13.0. The standard InChI is InChI=1S/C28H24N4OS.H2S/c1-3-6-22(14-23-16-30-32-31-23)21-9-11-24(12-10-21)33-17-20-13-26-27(18-34-28(26)29-15-20)25-8-5-4-7-19(25)2;/h4-5,7-13,15,18,22H,14,16-17H2,1-2H3;1H2/t22-;/m0./s1. The minimum Gasteiger partial charge on any atom is -0.489 e. The van der Waals surface area contributed by atoms with Crippen LogP contribution in [0.3, 0.4) is 0 Å². The number of rotatable bonds is 7. The second-order valence-corrected chi connectivity index (χ2v) is 9.08. The number of nitrogens with zero attached hydrogens (tertiary/aromatic N) is 4. The molecule has 5 nitrogen and oxygen atoms in total. The molecular formula is C28H26N4OS2. The molecule has 0 fully saturated rings. The van der Waals surface area contributed by atoms with Crippen molar-refractivity contribution in [3.63, 3.8) is 0 Å². The molecule has 7 heteroatoms. The summed E-state index contributed by atoms with van der Waals surface area (Å²) in [6.45, 7) is 5.03. The fourth-order valence-electron chi connectivity index (χ4n) is 4.09. The Morgan fingerprint density at radius 1 is 1.09 bits per heavy atom. The Hall–Kier alpha value is -3.47. The van der Waals surface area contributed by atoms with Crippen LogP contribution in [0.2, 0.25) is 0 Å². The van der Waals surface area contributed by atoms with E-state index in [4.69, 9.17) is 4.74 Å². The van der Waals surface area contributed by atoms with Gasteiger partial charge in [0.15, 0.2) is 0 Å². The van der Waals surface area contributed by atoms with E-state index in [0.717, 1.165) is 33.8 Å². The summed E-state index contributed by atoms with van der Waals surface area (Å²) in [6, 6.07) is 18.8. The Balaban J connectivity index is 0.00000289. The van der Waals surface area contributed by atoms with Gasteiger partial charge in [0.1, 0.15) is 23.7 Å². The van der Waals surface area contributed by atoms with Crippen molar-refractivity contribution in [1.82, 2.24) is 4.98 Å². The van der Waals surface area contributed by atoms with Crippen molar-refractivity contribution < 1.29 is 4.74 Å². The van der Waals surface area contributed by atoms with E-state index < -0.39 is 0 Å². The first kappa shape index (κ1) is 24.6. The van der Waals surface area contributed by atoms with Gasteiger partial charge in [-0.25, -0.2) is 4.98 Å². The number of benzene rings is 2. The first-order valence-corrected chi connectivity index (χ1v) is 12.1. The zero-order valence-corrected chi connectivity index (χ0v) is 21.5. The summed E-state index contributed by atoms with van der Waals surface area (Å²) < 4.78 is 6.09. The molecule has 2 aromatic heterocycles. The fourth-order valence-corrected chi connectivity index (χ4v) is 4.99. The van der Waals surface area contributed by atoms with Crippen LogP contribution in [0.5, 0.6) is 5.75 Å². The van der Waals surface area contributed by atoms with E-state index >= 15 is 0 Å². The highest BCUT2D eigenvalue weighted by atomic mass is 32.1. The van der Waals surface area contributed by atoms with Gasteiger partial charge in [0.2, 0.25) is 0 Å². The first-order valence-electron chi connectivity index (χ1n) is 11.2. The van der Waals surface area contributed by atoms with E-state index in [0.29, 0.717) is 13.2 Å². The molecule has 0 N–H and O–H groups in total. The molecule has 0 amide bonds. The number of aromatic nitrogens is 1. The lowest BCUT2D eigenvalue weighted by Gasteiger charge is -2.12. The largest absolute Gasteiger partial charge is 0.489 e. The van der Waals surface area contributed by atoms with Gasteiger partial charge in [-0.2, -0.15) is 18.6 Å². The molecule has 0 aliphatic carbocycles. The summed E-state index contributed by atoms with van der Waals surface area (Å²) in [5.41, 5.74) is 6.90. The molecular weight excluding hydrogens is 472 g/mol. The molecule has 0 unspecified atom stereocenters. The molecule has 5 rings (SSSR count). The zero-order valence-electron chi connectivity index (χ0n) is 19.7. The third-order valence-electron chi connectivity index (χ3n) is 5.87. The van der Waals surface area contributed by atoms with Crippen LogP contribution in [0.4, 0.5) is 0 Å². The van der Waals surface area contributed by atoms with Gasteiger partial charge in [0.25, 0.3) is 0 Å². The molecule has 1 atom stereocenters. The van der Waals surface area contributed by atoms with Gasteiger partial charge >= 0.3 is 0 Å². The van der Waals surface area contributed by atoms with E-state index in [1.54, 1.807) is 11.3 Å². The molecule has 0 saturated carbocycles. The Labute approximate surface area is 216 Å². The van der Waals surface area contributed by atoms with Crippen LogP contribution < -0.4 is 4.74 Å². The van der Waals surface area contributed by atoms with Crippen LogP contribution in [0, 0.1) is 18.8 Å². The monoisotopic (exact) mass is 498 g/mol. The second kappa shape index (κ2) is 11.3. The summed E-state index contributed by atoms with van der Waals surface area (Å²) in [5, 5.41) is 15.1. The van der Waals surface area contributed by atoms with Gasteiger partial charge in [0.05, 0.1) is 11.6 Å². The highest BCUT2D eigenvalue weighted by Crippen LogP contribution is 2.35. The molecule has 0 spiro atoms. The molecule has 2 aromatic carbocycles. The van der Waals surface area contributed by atoms with Crippen LogP contribution in [0.1, 0.15) is 36.0 Å². The maximum absolute atomic E-state index is 6.09. The number of hydrogen-bond donors (Lipinski definition) is 0. The van der Waals surface area contributed by atoms with E-state index in [1.807, 2.05) is 25.3 Å². The lowest BCUT2D eigenvalue weighted by molar-refractivity contribution is 0.306. The quantitative estimate of drug-likeness (QED) is 0.251. The lowest BCUT2D eigenvalue weighted by atomic mass is 9.94. The van der Waals surface area contributed by atoms with Crippen molar-refractivity contribution in [2.24, 2.45) is 15.4 Å². The highest BCUT2D eigenvalue weighted by Gasteiger charge is 2.15. The van der Waals surface area contributed by atoms with Crippen LogP contribution in [-0.2, 0) is 6.61 Å². The summed E-state index contributed by atoms with van der Waals surface area (Å²) in [4.78, 5) is 5.72. The second-order valence-electron chi connectivity index (χ2n) is 8.22. The number of ether oxygens (including phenoxy) is 1. The number of fused-ring (bicyclic) bond motifs is 1. The number of aryl methyl sites for hydroxylation is 1. The predicted molar refractivity (Wildman–Crippen MR) is 149 cm³/mol. The van der Waals surface area contributed by atoms with Gasteiger partial charge < -0.3 is 4.74 Å². The zero-order chi connectivity index (χ0) is 23.3. The number of hydrogen-bond acceptors (Lipinski definition) is 6. The molecule has 1 aliphatic heterocycles. The summed E-state index contributed by atoms with van der Waals surface area (Å²) in [6.07, 6.45) is 2.64. The fraction of sp³-hybridized carbons (Fsp3) is 0.214. The molecule has 3 heterocycles. The van der Waals surface area contributed by atoms with Crippen molar-refractivity contribution in [2.45, 2.75) is 32.8 Å². The van der Waals surface area contributed by atoms with Crippen molar-refractivity contribution in [3.05, 3.63) is 82.9 Å². The molecule has 0 bridgehead atoms. The topological polar surface area (TPSA) is 59.2 Å². The minimum atomic E-state index is 0. The average Bonchev–Trinajstić information content (AvgIpc) is 3.53. The Bertz CT molecular complexity index is 1450. The van der Waals surface area contributed by atoms with Crippen LogP contribution in [0.15, 0.2) is 81.6 Å². The Morgan fingerprint density at radius 3 is 2.66 bits per heavy atom. The van der Waals surface area contributed by atoms with Crippen LogP contribution in [-0.4, -0.2) is 17.2 Å². The number of thiophene rings is 1. The molecule has 35 heavy (non-hydrogen) atoms. The van der Waals surface area contributed by atoms with Gasteiger partial charge in [-0.15, -0.1) is 22.4 Å². The molecule has 1 aliphatic rings. The lowest BCUT2D eigenvalue weighted by Crippen LogP contribution is -2.07. The van der Waals surface area contributed by atoms with Crippen molar-refractivity contribution in [3.8, 4) is 28.7 Å². The first-order chi connectivity index (χ1) is 16.7. The van der Waals surface area contributed by atoms with Gasteiger partial charge in [-0.05, 0) is 54.0 Å². The number of pyridine rings is 1. The summed E-state index contributed by atoms with van der Waals surface area (Å²) in [7, 11) is 0. The van der Waals surface area contributed by atoms with Crippen LogP contribution in [0.25, 0.3) is 21.3 Å². The van der Waals surface area contributed by atoms with Crippen LogP contribution >= 0.6 is 24.8 Å². The highest BCUT2D eigenvalue weighted by molar-refractivity contribution is 7.59. The summed E-state index contributed by atoms with van der Waals surface area (Å²) in [5.74, 6) is 7.20. The van der Waals surface area contributed by atoms with E-state index in [1.165, 1.54) is 22.1 Å². The third kappa shape index (κ3) is 5.61. The predicted octanol–water partition coefficient (Wildman–Crippen LogP) is 7.28. The maximum atomic E-state index is 6.09. The molecule has 4 aromatic rings. The van der Waals surface area contributed by atoms with E-state index in [2.05, 4.69) is 87.0 Å². The SMILES string of the molecule is CC#C[C@@H](CC1=NN=NC1)c1ccc(OCc2cnc3scc(-c4ccccc4C)c3c2)cc1.S. The minimum absolute atomic E-state index is 0. The maximum Gasteiger partial charge on any atom is 0.123 e. The smallest absolute Gasteiger partial charge is 0.123 e. The van der Waals surface area contributed by atoms with Gasteiger partial charge in [-0.1, -0.05) is 42.3 Å². The average molecular weight is 499 g/mol. The molecule has 0 radical (unpaired) electrons. The van der Waals surface area contributed by atoms with Crippen molar-refractivity contribution in [1.29, 1.82) is 0 Å².